The Hall–Kier alpha value is -3.84. The van der Waals surface area contributed by atoms with E-state index in [2.05, 4.69) is 15.6 Å². The van der Waals surface area contributed by atoms with E-state index in [0.29, 0.717) is 39.8 Å². The lowest BCUT2D eigenvalue weighted by Gasteiger charge is -2.14. The number of benzene rings is 3. The van der Waals surface area contributed by atoms with E-state index in [4.69, 9.17) is 0 Å². The number of carbonyl (C=O) groups excluding carboxylic acids is 1. The van der Waals surface area contributed by atoms with Crippen molar-refractivity contribution in [3.8, 4) is 22.4 Å². The van der Waals surface area contributed by atoms with Crippen LogP contribution in [0.4, 0.5) is 19.3 Å². The minimum atomic E-state index is -0.614. The topological polar surface area (TPSA) is 74.2 Å². The standard InChI is InChI=1S/C26H23F2N3O2/c1-2-18(32)15-29-26(33)30-17-11-12-24-16(13-17)14-21(19-7-3-5-9-22(19)27)25(31-24)20-8-4-6-10-23(20)28/h3-14,18,32H,2,15H2,1H3,(H2,29,30,33). The first kappa shape index (κ1) is 22.4. The van der Waals surface area contributed by atoms with Gasteiger partial charge in [-0.15, -0.1) is 0 Å². The molecular formula is C26H23F2N3O2. The monoisotopic (exact) mass is 447 g/mol. The predicted octanol–water partition coefficient (Wildman–Crippen LogP) is 5.74. The van der Waals surface area contributed by atoms with Gasteiger partial charge in [0.05, 0.1) is 17.3 Å². The van der Waals surface area contributed by atoms with E-state index in [1.165, 1.54) is 12.1 Å². The fraction of sp³-hybridized carbons (Fsp3) is 0.154. The molecule has 0 aliphatic heterocycles. The van der Waals surface area contributed by atoms with Gasteiger partial charge in [0.1, 0.15) is 11.6 Å². The van der Waals surface area contributed by atoms with Gasteiger partial charge in [0.25, 0.3) is 0 Å². The van der Waals surface area contributed by atoms with Crippen LogP contribution in [0.5, 0.6) is 0 Å². The highest BCUT2D eigenvalue weighted by Gasteiger charge is 2.17. The summed E-state index contributed by atoms with van der Waals surface area (Å²) in [6, 6.07) is 18.9. The first-order valence-corrected chi connectivity index (χ1v) is 10.6. The second-order valence-electron chi connectivity index (χ2n) is 7.65. The van der Waals surface area contributed by atoms with Crippen LogP contribution in [0, 0.1) is 11.6 Å². The van der Waals surface area contributed by atoms with Crippen molar-refractivity contribution >= 4 is 22.6 Å². The van der Waals surface area contributed by atoms with Gasteiger partial charge in [-0.05, 0) is 48.9 Å². The summed E-state index contributed by atoms with van der Waals surface area (Å²) >= 11 is 0. The maximum Gasteiger partial charge on any atom is 0.319 e. The Kier molecular flexibility index (Phi) is 6.60. The minimum absolute atomic E-state index is 0.140. The molecular weight excluding hydrogens is 424 g/mol. The Morgan fingerprint density at radius 3 is 2.27 bits per heavy atom. The van der Waals surface area contributed by atoms with Gasteiger partial charge in [-0.3, -0.25) is 0 Å². The van der Waals surface area contributed by atoms with Crippen LogP contribution in [-0.4, -0.2) is 28.8 Å². The van der Waals surface area contributed by atoms with Crippen molar-refractivity contribution in [2.75, 3.05) is 11.9 Å². The van der Waals surface area contributed by atoms with Crippen LogP contribution in [-0.2, 0) is 0 Å². The third kappa shape index (κ3) is 4.99. The lowest BCUT2D eigenvalue weighted by Crippen LogP contribution is -2.34. The molecule has 1 aromatic heterocycles. The van der Waals surface area contributed by atoms with Gasteiger partial charge in [-0.25, -0.2) is 18.6 Å². The summed E-state index contributed by atoms with van der Waals surface area (Å²) < 4.78 is 29.3. The summed E-state index contributed by atoms with van der Waals surface area (Å²) in [4.78, 5) is 16.8. The normalized spacial score (nSPS) is 11.9. The molecule has 4 aromatic rings. The van der Waals surface area contributed by atoms with E-state index >= 15 is 0 Å². The number of halogens is 2. The average molecular weight is 447 g/mol. The first-order valence-electron chi connectivity index (χ1n) is 10.6. The van der Waals surface area contributed by atoms with Gasteiger partial charge < -0.3 is 15.7 Å². The molecule has 1 heterocycles. The van der Waals surface area contributed by atoms with E-state index in [-0.39, 0.29) is 12.1 Å². The molecule has 3 N–H and O–H groups in total. The van der Waals surface area contributed by atoms with Gasteiger partial charge in [0, 0.05) is 34.3 Å². The van der Waals surface area contributed by atoms with Crippen molar-refractivity contribution in [3.63, 3.8) is 0 Å². The second-order valence-corrected chi connectivity index (χ2v) is 7.65. The summed E-state index contributed by atoms with van der Waals surface area (Å²) in [6.07, 6.45) is -0.0814. The maximum absolute atomic E-state index is 14.7. The molecule has 0 saturated heterocycles. The number of urea groups is 1. The Balaban J connectivity index is 1.77. The van der Waals surface area contributed by atoms with Crippen LogP contribution in [0.25, 0.3) is 33.3 Å². The minimum Gasteiger partial charge on any atom is -0.391 e. The number of nitrogens with zero attached hydrogens (tertiary/aromatic N) is 1. The molecule has 5 nitrogen and oxygen atoms in total. The summed E-state index contributed by atoms with van der Waals surface area (Å²) in [5.41, 5.74) is 2.42. The number of aromatic nitrogens is 1. The Labute approximate surface area is 190 Å². The van der Waals surface area contributed by atoms with Crippen LogP contribution < -0.4 is 10.6 Å². The van der Waals surface area contributed by atoms with E-state index < -0.39 is 23.8 Å². The molecule has 0 saturated carbocycles. The largest absolute Gasteiger partial charge is 0.391 e. The summed E-state index contributed by atoms with van der Waals surface area (Å²) in [6.45, 7) is 1.96. The SMILES string of the molecule is CCC(O)CNC(=O)Nc1ccc2nc(-c3ccccc3F)c(-c3ccccc3F)cc2c1. The number of aliphatic hydroxyl groups excluding tert-OH is 1. The fourth-order valence-electron chi connectivity index (χ4n) is 3.53. The molecule has 0 spiro atoms. The van der Waals surface area contributed by atoms with Crippen LogP contribution in [0.15, 0.2) is 72.8 Å². The molecule has 0 radical (unpaired) electrons. The molecule has 168 valence electrons. The zero-order valence-electron chi connectivity index (χ0n) is 18.0. The summed E-state index contributed by atoms with van der Waals surface area (Å²) in [7, 11) is 0. The number of aliphatic hydroxyl groups is 1. The number of rotatable bonds is 6. The van der Waals surface area contributed by atoms with Crippen molar-refractivity contribution in [1.82, 2.24) is 10.3 Å². The molecule has 33 heavy (non-hydrogen) atoms. The van der Waals surface area contributed by atoms with Crippen molar-refractivity contribution in [2.45, 2.75) is 19.4 Å². The zero-order chi connectivity index (χ0) is 23.4. The number of fused-ring (bicyclic) bond motifs is 1. The zero-order valence-corrected chi connectivity index (χ0v) is 18.0. The van der Waals surface area contributed by atoms with Gasteiger partial charge in [0.15, 0.2) is 0 Å². The molecule has 0 fully saturated rings. The number of hydrogen-bond acceptors (Lipinski definition) is 3. The van der Waals surface area contributed by atoms with E-state index in [1.54, 1.807) is 60.7 Å². The lowest BCUT2D eigenvalue weighted by molar-refractivity contribution is 0.168. The average Bonchev–Trinajstić information content (AvgIpc) is 2.82. The van der Waals surface area contributed by atoms with Gasteiger partial charge in [0.2, 0.25) is 0 Å². The van der Waals surface area contributed by atoms with E-state index in [0.717, 1.165) is 0 Å². The molecule has 3 aromatic carbocycles. The van der Waals surface area contributed by atoms with Gasteiger partial charge in [-0.2, -0.15) is 0 Å². The second kappa shape index (κ2) is 9.75. The quantitative estimate of drug-likeness (QED) is 0.353. The van der Waals surface area contributed by atoms with Gasteiger partial charge in [-0.1, -0.05) is 37.3 Å². The van der Waals surface area contributed by atoms with Gasteiger partial charge >= 0.3 is 6.03 Å². The summed E-state index contributed by atoms with van der Waals surface area (Å²) in [5.74, 6) is -0.898. The molecule has 7 heteroatoms. The van der Waals surface area contributed by atoms with Crippen molar-refractivity contribution in [1.29, 1.82) is 0 Å². The van der Waals surface area contributed by atoms with Crippen LogP contribution >= 0.6 is 0 Å². The molecule has 1 unspecified atom stereocenters. The highest BCUT2D eigenvalue weighted by Crippen LogP contribution is 2.36. The highest BCUT2D eigenvalue weighted by atomic mass is 19.1. The number of pyridine rings is 1. The summed E-state index contributed by atoms with van der Waals surface area (Å²) in [5, 5.41) is 15.6. The number of nitrogens with one attached hydrogen (secondary N) is 2. The highest BCUT2D eigenvalue weighted by molar-refractivity contribution is 5.96. The molecule has 0 bridgehead atoms. The van der Waals surface area contributed by atoms with Crippen molar-refractivity contribution in [3.05, 3.63) is 84.4 Å². The molecule has 2 amide bonds. The molecule has 1 atom stereocenters. The molecule has 0 aliphatic carbocycles. The van der Waals surface area contributed by atoms with Crippen LogP contribution in [0.2, 0.25) is 0 Å². The Morgan fingerprint density at radius 1 is 0.939 bits per heavy atom. The number of anilines is 1. The third-order valence-corrected chi connectivity index (χ3v) is 5.34. The van der Waals surface area contributed by atoms with E-state index in [1.807, 2.05) is 6.92 Å². The van der Waals surface area contributed by atoms with Crippen LogP contribution in [0.1, 0.15) is 13.3 Å². The number of hydrogen-bond donors (Lipinski definition) is 3. The number of amides is 2. The van der Waals surface area contributed by atoms with Crippen LogP contribution in [0.3, 0.4) is 0 Å². The third-order valence-electron chi connectivity index (χ3n) is 5.34. The van der Waals surface area contributed by atoms with Crippen molar-refractivity contribution < 1.29 is 18.7 Å². The van der Waals surface area contributed by atoms with Crippen molar-refractivity contribution in [2.24, 2.45) is 0 Å². The first-order chi connectivity index (χ1) is 16.0. The smallest absolute Gasteiger partial charge is 0.319 e. The van der Waals surface area contributed by atoms with E-state index in [9.17, 15) is 18.7 Å². The number of carbonyl (C=O) groups is 1. The molecule has 4 rings (SSSR count). The molecule has 0 aliphatic rings. The maximum atomic E-state index is 14.7. The lowest BCUT2D eigenvalue weighted by atomic mass is 9.96. The Morgan fingerprint density at radius 2 is 1.61 bits per heavy atom. The Bertz CT molecular complexity index is 1310. The predicted molar refractivity (Wildman–Crippen MR) is 126 cm³/mol. The fourth-order valence-corrected chi connectivity index (χ4v) is 3.53.